The lowest BCUT2D eigenvalue weighted by Crippen LogP contribution is -2.09. The molecule has 0 spiro atoms. The summed E-state index contributed by atoms with van der Waals surface area (Å²) in [5.41, 5.74) is 9.47. The number of anilines is 2. The van der Waals surface area contributed by atoms with Gasteiger partial charge in [0.25, 0.3) is 0 Å². The molecule has 30 heavy (non-hydrogen) atoms. The van der Waals surface area contributed by atoms with Crippen LogP contribution in [0.5, 0.6) is 5.75 Å². The summed E-state index contributed by atoms with van der Waals surface area (Å²) in [6.45, 7) is 3.53. The number of ether oxygens (including phenoxy) is 1. The Labute approximate surface area is 175 Å². The highest BCUT2D eigenvalue weighted by atomic mass is 16.5. The second-order valence-electron chi connectivity index (χ2n) is 7.01. The second kappa shape index (κ2) is 8.77. The van der Waals surface area contributed by atoms with E-state index in [0.717, 1.165) is 30.5 Å². The van der Waals surface area contributed by atoms with E-state index in [1.54, 1.807) is 19.5 Å². The first-order chi connectivity index (χ1) is 14.7. The number of imidazole rings is 1. The molecule has 154 valence electrons. The normalized spacial score (nSPS) is 11.0. The highest BCUT2D eigenvalue weighted by molar-refractivity contribution is 5.86. The standard InChI is InChI=1S/C22H25N7O/c1-3-4-10-25-22-27-19(23)18-21(28-22)29(14-15-8-6-5-7-9-15)20(26-18)16-11-17(30-2)13-24-12-16/h5-9,11-13H,3-4,10,14H2,1-2H3,(H3,23,25,27,28). The van der Waals surface area contributed by atoms with Crippen LogP contribution in [0.3, 0.4) is 0 Å². The van der Waals surface area contributed by atoms with Crippen molar-refractivity contribution in [3.05, 3.63) is 54.4 Å². The Morgan fingerprint density at radius 1 is 1.10 bits per heavy atom. The van der Waals surface area contributed by atoms with Gasteiger partial charge in [-0.2, -0.15) is 9.97 Å². The number of methoxy groups -OCH3 is 1. The van der Waals surface area contributed by atoms with Crippen molar-refractivity contribution in [1.82, 2.24) is 24.5 Å². The molecule has 0 aliphatic heterocycles. The van der Waals surface area contributed by atoms with Gasteiger partial charge in [-0.1, -0.05) is 43.7 Å². The van der Waals surface area contributed by atoms with Crippen LogP contribution in [0.25, 0.3) is 22.6 Å². The van der Waals surface area contributed by atoms with Gasteiger partial charge in [-0.25, -0.2) is 4.98 Å². The molecule has 4 rings (SSSR count). The number of nitrogens with one attached hydrogen (secondary N) is 1. The zero-order chi connectivity index (χ0) is 20.9. The first-order valence-electron chi connectivity index (χ1n) is 10.0. The summed E-state index contributed by atoms with van der Waals surface area (Å²) in [5, 5.41) is 3.26. The number of benzene rings is 1. The zero-order valence-corrected chi connectivity index (χ0v) is 17.2. The van der Waals surface area contributed by atoms with E-state index >= 15 is 0 Å². The van der Waals surface area contributed by atoms with Gasteiger partial charge in [0.1, 0.15) is 11.6 Å². The van der Waals surface area contributed by atoms with Gasteiger partial charge in [0.2, 0.25) is 5.95 Å². The summed E-state index contributed by atoms with van der Waals surface area (Å²) < 4.78 is 7.39. The van der Waals surface area contributed by atoms with Crippen molar-refractivity contribution in [3.8, 4) is 17.1 Å². The number of rotatable bonds is 8. The summed E-state index contributed by atoms with van der Waals surface area (Å²) in [7, 11) is 1.62. The minimum atomic E-state index is 0.350. The topological polar surface area (TPSA) is 104 Å². The number of pyridine rings is 1. The predicted octanol–water partition coefficient (Wildman–Crippen LogP) is 3.74. The Morgan fingerprint density at radius 2 is 1.93 bits per heavy atom. The van der Waals surface area contributed by atoms with Gasteiger partial charge in [-0.3, -0.25) is 4.98 Å². The van der Waals surface area contributed by atoms with Crippen molar-refractivity contribution in [2.75, 3.05) is 24.7 Å². The highest BCUT2D eigenvalue weighted by Crippen LogP contribution is 2.29. The van der Waals surface area contributed by atoms with Crippen molar-refractivity contribution in [2.45, 2.75) is 26.3 Å². The van der Waals surface area contributed by atoms with Gasteiger partial charge in [0, 0.05) is 18.3 Å². The fourth-order valence-electron chi connectivity index (χ4n) is 3.27. The molecule has 3 aromatic heterocycles. The average molecular weight is 403 g/mol. The fraction of sp³-hybridized carbons (Fsp3) is 0.273. The van der Waals surface area contributed by atoms with E-state index < -0.39 is 0 Å². The molecule has 0 unspecified atom stereocenters. The van der Waals surface area contributed by atoms with Crippen LogP contribution in [0.1, 0.15) is 25.3 Å². The Morgan fingerprint density at radius 3 is 2.70 bits per heavy atom. The quantitative estimate of drug-likeness (QED) is 0.432. The van der Waals surface area contributed by atoms with Gasteiger partial charge < -0.3 is 20.4 Å². The van der Waals surface area contributed by atoms with Crippen molar-refractivity contribution in [3.63, 3.8) is 0 Å². The Balaban J connectivity index is 1.86. The highest BCUT2D eigenvalue weighted by Gasteiger charge is 2.19. The lowest BCUT2D eigenvalue weighted by molar-refractivity contribution is 0.413. The number of nitrogen functional groups attached to an aromatic ring is 1. The number of nitrogens with two attached hydrogens (primary N) is 1. The van der Waals surface area contributed by atoms with Crippen LogP contribution in [0.15, 0.2) is 48.8 Å². The van der Waals surface area contributed by atoms with Crippen LogP contribution >= 0.6 is 0 Å². The van der Waals surface area contributed by atoms with Crippen molar-refractivity contribution < 1.29 is 4.74 Å². The van der Waals surface area contributed by atoms with E-state index in [4.69, 9.17) is 20.4 Å². The first-order valence-corrected chi connectivity index (χ1v) is 10.0. The van der Waals surface area contributed by atoms with Gasteiger partial charge >= 0.3 is 0 Å². The molecule has 0 aliphatic carbocycles. The largest absolute Gasteiger partial charge is 0.495 e. The monoisotopic (exact) mass is 403 g/mol. The Kier molecular flexibility index (Phi) is 5.74. The molecule has 0 radical (unpaired) electrons. The Bertz CT molecular complexity index is 1140. The van der Waals surface area contributed by atoms with E-state index in [0.29, 0.717) is 41.0 Å². The lowest BCUT2D eigenvalue weighted by atomic mass is 10.2. The van der Waals surface area contributed by atoms with Gasteiger partial charge in [0.15, 0.2) is 17.0 Å². The van der Waals surface area contributed by atoms with E-state index in [-0.39, 0.29) is 0 Å². The molecule has 0 amide bonds. The van der Waals surface area contributed by atoms with Gasteiger partial charge in [0.05, 0.1) is 19.9 Å². The number of hydrogen-bond donors (Lipinski definition) is 2. The lowest BCUT2D eigenvalue weighted by Gasteiger charge is -2.10. The van der Waals surface area contributed by atoms with Crippen molar-refractivity contribution in [2.24, 2.45) is 0 Å². The number of hydrogen-bond acceptors (Lipinski definition) is 7. The molecule has 8 heteroatoms. The van der Waals surface area contributed by atoms with Crippen LogP contribution in [0.4, 0.5) is 11.8 Å². The van der Waals surface area contributed by atoms with Crippen molar-refractivity contribution in [1.29, 1.82) is 0 Å². The maximum Gasteiger partial charge on any atom is 0.226 e. The van der Waals surface area contributed by atoms with E-state index in [9.17, 15) is 0 Å². The predicted molar refractivity (Wildman–Crippen MR) is 118 cm³/mol. The molecule has 0 aliphatic rings. The smallest absolute Gasteiger partial charge is 0.226 e. The van der Waals surface area contributed by atoms with E-state index in [1.165, 1.54) is 0 Å². The molecule has 4 aromatic rings. The molecule has 0 saturated heterocycles. The fourth-order valence-corrected chi connectivity index (χ4v) is 3.27. The third-order valence-electron chi connectivity index (χ3n) is 4.83. The number of nitrogens with zero attached hydrogens (tertiary/aromatic N) is 5. The van der Waals surface area contributed by atoms with Crippen molar-refractivity contribution >= 4 is 22.9 Å². The zero-order valence-electron chi connectivity index (χ0n) is 17.2. The molecule has 0 fully saturated rings. The first kappa shape index (κ1) is 19.6. The molecule has 0 bridgehead atoms. The molecular weight excluding hydrogens is 378 g/mol. The van der Waals surface area contributed by atoms with Gasteiger partial charge in [-0.15, -0.1) is 0 Å². The summed E-state index contributed by atoms with van der Waals surface area (Å²) in [4.78, 5) is 18.2. The van der Waals surface area contributed by atoms with Crippen LogP contribution in [-0.4, -0.2) is 38.2 Å². The number of fused-ring (bicyclic) bond motifs is 1. The SMILES string of the molecule is CCCCNc1nc(N)c2nc(-c3cncc(OC)c3)n(Cc3ccccc3)c2n1. The molecule has 0 atom stereocenters. The number of unbranched alkanes of at least 4 members (excludes halogenated alkanes) is 1. The summed E-state index contributed by atoms with van der Waals surface area (Å²) in [5.74, 6) is 2.24. The van der Waals surface area contributed by atoms with E-state index in [2.05, 4.69) is 34.3 Å². The summed E-state index contributed by atoms with van der Waals surface area (Å²) in [6, 6.07) is 12.1. The molecule has 8 nitrogen and oxygen atoms in total. The molecule has 3 heterocycles. The molecule has 0 saturated carbocycles. The number of aromatic nitrogens is 5. The Hall–Kier alpha value is -3.68. The van der Waals surface area contributed by atoms with Gasteiger partial charge in [-0.05, 0) is 18.1 Å². The third-order valence-corrected chi connectivity index (χ3v) is 4.83. The van der Waals surface area contributed by atoms with Crippen LogP contribution in [-0.2, 0) is 6.54 Å². The van der Waals surface area contributed by atoms with Crippen LogP contribution < -0.4 is 15.8 Å². The third kappa shape index (κ3) is 4.03. The minimum Gasteiger partial charge on any atom is -0.495 e. The molecule has 3 N–H and O–H groups in total. The van der Waals surface area contributed by atoms with Crippen LogP contribution in [0, 0.1) is 0 Å². The molecule has 1 aromatic carbocycles. The second-order valence-corrected chi connectivity index (χ2v) is 7.01. The average Bonchev–Trinajstić information content (AvgIpc) is 3.14. The summed E-state index contributed by atoms with van der Waals surface area (Å²) >= 11 is 0. The summed E-state index contributed by atoms with van der Waals surface area (Å²) in [6.07, 6.45) is 5.54. The van der Waals surface area contributed by atoms with Crippen LogP contribution in [0.2, 0.25) is 0 Å². The minimum absolute atomic E-state index is 0.350. The van der Waals surface area contributed by atoms with E-state index in [1.807, 2.05) is 28.8 Å². The molecular formula is C22H25N7O. The maximum atomic E-state index is 6.26. The maximum absolute atomic E-state index is 6.26.